The summed E-state index contributed by atoms with van der Waals surface area (Å²) in [6, 6.07) is 78.0. The van der Waals surface area contributed by atoms with Crippen LogP contribution in [0.25, 0.3) is 82.5 Å². The second-order valence-corrected chi connectivity index (χ2v) is 17.4. The Kier molecular flexibility index (Phi) is 10.5. The first kappa shape index (κ1) is 41.3. The summed E-state index contributed by atoms with van der Waals surface area (Å²) in [7, 11) is 0. The fraction of sp³-hybridized carbons (Fsp3) is 0.0317. The smallest absolute Gasteiger partial charge is 0.161 e. The third-order valence-electron chi connectivity index (χ3n) is 13.1. The zero-order valence-corrected chi connectivity index (χ0v) is 37.9. The summed E-state index contributed by atoms with van der Waals surface area (Å²) in [5.41, 5.74) is 14.0. The Morgan fingerprint density at radius 2 is 1.09 bits per heavy atom. The quantitative estimate of drug-likeness (QED) is 0.0875. The number of furan rings is 1. The lowest BCUT2D eigenvalue weighted by Crippen LogP contribution is -2.07. The Bertz CT molecular complexity index is 4040. The van der Waals surface area contributed by atoms with Crippen molar-refractivity contribution in [2.24, 2.45) is 9.98 Å². The number of para-hydroxylation sites is 4. The SMILES string of the molecule is C/C(=C\C(=C(/Cc1ccccc1)n1c2ccccc2c2c3c4ccccc4n(-c4ccccc4)c3ccc21)c1ccccc1)C(=N)N=C(N=Cc1ccc2c(c1)oc1ccccc12)c1ccccc1. The van der Waals surface area contributed by atoms with Crippen LogP contribution in [0.3, 0.4) is 0 Å². The zero-order chi connectivity index (χ0) is 46.3. The molecule has 12 rings (SSSR count). The molecule has 0 saturated heterocycles. The van der Waals surface area contributed by atoms with Crippen LogP contribution >= 0.6 is 0 Å². The first-order chi connectivity index (χ1) is 34.1. The molecule has 0 aliphatic carbocycles. The lowest BCUT2D eigenvalue weighted by atomic mass is 9.96. The van der Waals surface area contributed by atoms with Gasteiger partial charge >= 0.3 is 0 Å². The monoisotopic (exact) mass is 887 g/mol. The van der Waals surface area contributed by atoms with Gasteiger partial charge in [0, 0.05) is 67.5 Å². The van der Waals surface area contributed by atoms with Crippen molar-refractivity contribution in [3.63, 3.8) is 0 Å². The van der Waals surface area contributed by atoms with Crippen LogP contribution in [-0.2, 0) is 6.42 Å². The average Bonchev–Trinajstić information content (AvgIpc) is 4.07. The first-order valence-electron chi connectivity index (χ1n) is 23.3. The van der Waals surface area contributed by atoms with Gasteiger partial charge in [-0.3, -0.25) is 5.41 Å². The molecule has 1 N–H and O–H groups in total. The first-order valence-corrected chi connectivity index (χ1v) is 23.3. The van der Waals surface area contributed by atoms with E-state index in [9.17, 15) is 5.41 Å². The molecule has 0 atom stereocenters. The summed E-state index contributed by atoms with van der Waals surface area (Å²) in [5.74, 6) is 0.553. The average molecular weight is 888 g/mol. The van der Waals surface area contributed by atoms with Gasteiger partial charge < -0.3 is 13.6 Å². The molecule has 3 aromatic heterocycles. The maximum Gasteiger partial charge on any atom is 0.161 e. The lowest BCUT2D eigenvalue weighted by Gasteiger charge is -2.19. The Hall–Kier alpha value is -9.13. The molecule has 328 valence electrons. The predicted molar refractivity (Wildman–Crippen MR) is 289 cm³/mol. The van der Waals surface area contributed by atoms with Gasteiger partial charge in [-0.15, -0.1) is 0 Å². The molecule has 69 heavy (non-hydrogen) atoms. The molecule has 0 saturated carbocycles. The number of rotatable bonds is 9. The Morgan fingerprint density at radius 1 is 0.522 bits per heavy atom. The number of benzene rings is 9. The summed E-state index contributed by atoms with van der Waals surface area (Å²) in [6.45, 7) is 1.98. The third-order valence-corrected chi connectivity index (χ3v) is 13.1. The van der Waals surface area contributed by atoms with Crippen LogP contribution in [0.15, 0.2) is 251 Å². The summed E-state index contributed by atoms with van der Waals surface area (Å²) in [6.07, 6.45) is 4.56. The molecule has 0 aliphatic heterocycles. The van der Waals surface area contributed by atoms with Crippen LogP contribution in [0.5, 0.6) is 0 Å². The highest BCUT2D eigenvalue weighted by Crippen LogP contribution is 2.44. The molecule has 0 bridgehead atoms. The van der Waals surface area contributed by atoms with Crippen molar-refractivity contribution < 1.29 is 4.42 Å². The zero-order valence-electron chi connectivity index (χ0n) is 37.9. The van der Waals surface area contributed by atoms with Crippen molar-refractivity contribution in [3.8, 4) is 5.69 Å². The Labute approximate surface area is 399 Å². The number of aliphatic imine (C=N–C) groups is 2. The minimum atomic E-state index is 0.115. The van der Waals surface area contributed by atoms with E-state index in [-0.39, 0.29) is 5.84 Å². The Morgan fingerprint density at radius 3 is 1.83 bits per heavy atom. The van der Waals surface area contributed by atoms with Crippen LogP contribution in [0.1, 0.15) is 29.2 Å². The number of aromatic nitrogens is 2. The number of hydrogen-bond acceptors (Lipinski definition) is 2. The molecule has 0 fully saturated rings. The molecule has 12 aromatic rings. The molecule has 0 radical (unpaired) electrons. The highest BCUT2D eigenvalue weighted by molar-refractivity contribution is 6.29. The molecular formula is C63H45N5O. The van der Waals surface area contributed by atoms with Gasteiger partial charge in [0.2, 0.25) is 0 Å². The lowest BCUT2D eigenvalue weighted by molar-refractivity contribution is 0.669. The fourth-order valence-corrected chi connectivity index (χ4v) is 9.89. The summed E-state index contributed by atoms with van der Waals surface area (Å²) in [4.78, 5) is 9.93. The summed E-state index contributed by atoms with van der Waals surface area (Å²) in [5, 5.41) is 16.6. The maximum absolute atomic E-state index is 9.65. The van der Waals surface area contributed by atoms with Gasteiger partial charge in [-0.1, -0.05) is 170 Å². The van der Waals surface area contributed by atoms with E-state index in [1.165, 1.54) is 27.1 Å². The molecule has 3 heterocycles. The van der Waals surface area contributed by atoms with E-state index < -0.39 is 0 Å². The van der Waals surface area contributed by atoms with Crippen LogP contribution < -0.4 is 0 Å². The molecule has 9 aromatic carbocycles. The van der Waals surface area contributed by atoms with E-state index in [1.807, 2.05) is 67.6 Å². The standard InChI is InChI=1S/C63H45N5O/c1-42(62(64)66-63(46-24-10-4-11-25-46)65-41-44-34-35-49-48-28-16-19-33-58(48)69-59(49)40-44)38-52(45-22-8-3-9-23-45)57(39-43-20-6-2-7-21-43)68-54-32-18-15-30-51(54)61-56(68)37-36-55-60(61)50-29-14-17-31-53(50)67(55)47-26-12-5-13-27-47/h2-38,40-41,64H,39H2,1H3/b42-38+,57-52-,64-62?,65-41?,66-63?. The molecule has 0 amide bonds. The van der Waals surface area contributed by atoms with Gasteiger partial charge in [0.05, 0.1) is 22.1 Å². The van der Waals surface area contributed by atoms with Gasteiger partial charge in [-0.05, 0) is 89.9 Å². The molecule has 6 heteroatoms. The summed E-state index contributed by atoms with van der Waals surface area (Å²) < 4.78 is 11.0. The van der Waals surface area contributed by atoms with Crippen LogP contribution in [-0.4, -0.2) is 27.0 Å². The van der Waals surface area contributed by atoms with Gasteiger partial charge in [-0.25, -0.2) is 9.98 Å². The highest BCUT2D eigenvalue weighted by atomic mass is 16.3. The van der Waals surface area contributed by atoms with Crippen molar-refractivity contribution in [1.29, 1.82) is 5.41 Å². The van der Waals surface area contributed by atoms with E-state index in [0.29, 0.717) is 17.8 Å². The van der Waals surface area contributed by atoms with Crippen molar-refractivity contribution in [3.05, 3.63) is 258 Å². The second-order valence-electron chi connectivity index (χ2n) is 17.4. The highest BCUT2D eigenvalue weighted by Gasteiger charge is 2.23. The minimum Gasteiger partial charge on any atom is -0.456 e. The van der Waals surface area contributed by atoms with Crippen molar-refractivity contribution >= 4 is 94.7 Å². The van der Waals surface area contributed by atoms with Crippen molar-refractivity contribution in [1.82, 2.24) is 9.13 Å². The van der Waals surface area contributed by atoms with E-state index in [1.54, 1.807) is 6.21 Å². The maximum atomic E-state index is 9.65. The van der Waals surface area contributed by atoms with E-state index in [2.05, 4.69) is 179 Å². The van der Waals surface area contributed by atoms with E-state index >= 15 is 0 Å². The van der Waals surface area contributed by atoms with E-state index in [0.717, 1.165) is 77.7 Å². The minimum absolute atomic E-state index is 0.115. The predicted octanol–water partition coefficient (Wildman–Crippen LogP) is 15.9. The van der Waals surface area contributed by atoms with Crippen LogP contribution in [0, 0.1) is 5.41 Å². The number of fused-ring (bicyclic) bond motifs is 10. The number of nitrogens with one attached hydrogen (secondary N) is 1. The Balaban J connectivity index is 1.06. The second kappa shape index (κ2) is 17.6. The van der Waals surface area contributed by atoms with E-state index in [4.69, 9.17) is 14.4 Å². The number of nitrogens with zero attached hydrogens (tertiary/aromatic N) is 4. The largest absolute Gasteiger partial charge is 0.456 e. The molecule has 0 unspecified atom stereocenters. The van der Waals surface area contributed by atoms with Crippen LogP contribution in [0.2, 0.25) is 0 Å². The molecule has 0 aliphatic rings. The molecular weight excluding hydrogens is 843 g/mol. The topological polar surface area (TPSA) is 71.6 Å². The number of allylic oxidation sites excluding steroid dienone is 3. The molecule has 6 nitrogen and oxygen atoms in total. The van der Waals surface area contributed by atoms with Crippen molar-refractivity contribution in [2.45, 2.75) is 13.3 Å². The number of hydrogen-bond donors (Lipinski definition) is 1. The fourth-order valence-electron chi connectivity index (χ4n) is 9.89. The van der Waals surface area contributed by atoms with Crippen LogP contribution in [0.4, 0.5) is 0 Å². The molecule has 0 spiro atoms. The normalized spacial score (nSPS) is 12.9. The number of amidine groups is 2. The van der Waals surface area contributed by atoms with Gasteiger partial charge in [-0.2, -0.15) is 0 Å². The third kappa shape index (κ3) is 7.54. The summed E-state index contributed by atoms with van der Waals surface area (Å²) >= 11 is 0. The van der Waals surface area contributed by atoms with Gasteiger partial charge in [0.1, 0.15) is 17.0 Å². The van der Waals surface area contributed by atoms with Gasteiger partial charge in [0.25, 0.3) is 0 Å². The van der Waals surface area contributed by atoms with Crippen molar-refractivity contribution in [2.75, 3.05) is 0 Å². The van der Waals surface area contributed by atoms with Gasteiger partial charge in [0.15, 0.2) is 5.84 Å².